The van der Waals surface area contributed by atoms with Crippen molar-refractivity contribution < 1.29 is 19.5 Å². The quantitative estimate of drug-likeness (QED) is 0.617. The third-order valence-corrected chi connectivity index (χ3v) is 5.73. The van der Waals surface area contributed by atoms with Gasteiger partial charge in [-0.1, -0.05) is 34.6 Å². The zero-order valence-electron chi connectivity index (χ0n) is 15.2. The van der Waals surface area contributed by atoms with E-state index < -0.39 is 17.3 Å². The number of carboxylic acid groups (broad SMARTS) is 1. The Hall–Kier alpha value is -1.24. The molecule has 3 N–H and O–H groups in total. The van der Waals surface area contributed by atoms with Gasteiger partial charge in [-0.25, -0.2) is 0 Å². The van der Waals surface area contributed by atoms with Gasteiger partial charge < -0.3 is 15.7 Å². The van der Waals surface area contributed by atoms with Crippen LogP contribution in [-0.2, 0) is 14.4 Å². The summed E-state index contributed by atoms with van der Waals surface area (Å²) in [6.45, 7) is 9.86. The van der Waals surface area contributed by atoms with Crippen LogP contribution in [-0.4, -0.2) is 46.0 Å². The van der Waals surface area contributed by atoms with Gasteiger partial charge in [0.1, 0.15) is 11.3 Å². The van der Waals surface area contributed by atoms with E-state index in [9.17, 15) is 19.5 Å². The van der Waals surface area contributed by atoms with Gasteiger partial charge in [0.25, 0.3) is 0 Å². The molecule has 1 aliphatic rings. The number of thioether (sulfide) groups is 1. The lowest BCUT2D eigenvalue weighted by atomic mass is 9.92. The molecule has 2 amide bonds. The van der Waals surface area contributed by atoms with Crippen LogP contribution in [0.1, 0.15) is 53.9 Å². The monoisotopic (exact) mass is 358 g/mol. The minimum absolute atomic E-state index is 0.0939. The van der Waals surface area contributed by atoms with Gasteiger partial charge in [-0.15, -0.1) is 11.8 Å². The lowest BCUT2D eigenvalue weighted by Crippen LogP contribution is -2.47. The number of nitrogens with one attached hydrogen (secondary N) is 2. The molecule has 1 fully saturated rings. The van der Waals surface area contributed by atoms with Gasteiger partial charge in [0.05, 0.1) is 0 Å². The maximum Gasteiger partial charge on any atom is 0.317 e. The Morgan fingerprint density at radius 2 is 2.00 bits per heavy atom. The fourth-order valence-corrected chi connectivity index (χ4v) is 4.04. The zero-order chi connectivity index (χ0) is 18.5. The molecule has 0 spiro atoms. The topological polar surface area (TPSA) is 95.5 Å². The summed E-state index contributed by atoms with van der Waals surface area (Å²) < 4.78 is 0. The second kappa shape index (κ2) is 8.74. The van der Waals surface area contributed by atoms with Crippen molar-refractivity contribution in [1.82, 2.24) is 10.6 Å². The molecular weight excluding hydrogens is 328 g/mol. The Bertz CT molecular complexity index is 474. The molecule has 0 aromatic heterocycles. The number of amides is 2. The van der Waals surface area contributed by atoms with Crippen LogP contribution in [0.2, 0.25) is 0 Å². The van der Waals surface area contributed by atoms with E-state index in [4.69, 9.17) is 0 Å². The van der Waals surface area contributed by atoms with Gasteiger partial charge in [-0.05, 0) is 24.2 Å². The molecule has 24 heavy (non-hydrogen) atoms. The summed E-state index contributed by atoms with van der Waals surface area (Å²) in [7, 11) is 0. The van der Waals surface area contributed by atoms with Crippen molar-refractivity contribution in [3.8, 4) is 0 Å². The van der Waals surface area contributed by atoms with Crippen LogP contribution < -0.4 is 10.6 Å². The number of hydrogen-bond acceptors (Lipinski definition) is 4. The molecule has 6 nitrogen and oxygen atoms in total. The Morgan fingerprint density at radius 1 is 1.38 bits per heavy atom. The van der Waals surface area contributed by atoms with Gasteiger partial charge in [0.15, 0.2) is 0 Å². The highest BCUT2D eigenvalue weighted by molar-refractivity contribution is 8.00. The highest BCUT2D eigenvalue weighted by Gasteiger charge is 2.33. The fraction of sp³-hybridized carbons (Fsp3) is 0.824. The predicted molar refractivity (Wildman–Crippen MR) is 95.9 cm³/mol. The molecule has 0 radical (unpaired) electrons. The van der Waals surface area contributed by atoms with Crippen LogP contribution in [0.3, 0.4) is 0 Å². The number of carbonyl (C=O) groups excluding carboxylic acids is 2. The molecule has 138 valence electrons. The second-order valence-corrected chi connectivity index (χ2v) is 9.05. The van der Waals surface area contributed by atoms with Crippen LogP contribution in [0.5, 0.6) is 0 Å². The van der Waals surface area contributed by atoms with E-state index in [1.54, 1.807) is 0 Å². The molecule has 0 aliphatic carbocycles. The van der Waals surface area contributed by atoms with Gasteiger partial charge in [-0.3, -0.25) is 14.4 Å². The molecule has 3 atom stereocenters. The minimum atomic E-state index is -0.829. The smallest absolute Gasteiger partial charge is 0.317 e. The molecule has 1 heterocycles. The lowest BCUT2D eigenvalue weighted by molar-refractivity contribution is -0.138. The first kappa shape index (κ1) is 20.8. The summed E-state index contributed by atoms with van der Waals surface area (Å²) >= 11 is 1.37. The first-order chi connectivity index (χ1) is 11.0. The molecule has 0 aromatic carbocycles. The van der Waals surface area contributed by atoms with E-state index in [1.165, 1.54) is 11.8 Å². The fourth-order valence-electron chi connectivity index (χ4n) is 2.75. The van der Waals surface area contributed by atoms with E-state index in [0.29, 0.717) is 24.5 Å². The van der Waals surface area contributed by atoms with Crippen molar-refractivity contribution >= 4 is 29.5 Å². The third-order valence-electron chi connectivity index (χ3n) is 3.89. The maximum atomic E-state index is 12.3. The van der Waals surface area contributed by atoms with Crippen LogP contribution >= 0.6 is 11.8 Å². The SMILES string of the molecule is CC(C)CC(CSC(C(=O)O)C(C)(C)C)NC(=O)C1CCC(=O)N1. The predicted octanol–water partition coefficient (Wildman–Crippen LogP) is 2.03. The van der Waals surface area contributed by atoms with E-state index in [2.05, 4.69) is 24.5 Å². The van der Waals surface area contributed by atoms with E-state index in [-0.39, 0.29) is 23.3 Å². The number of carbonyl (C=O) groups is 3. The Balaban J connectivity index is 2.66. The van der Waals surface area contributed by atoms with Crippen molar-refractivity contribution in [1.29, 1.82) is 0 Å². The van der Waals surface area contributed by atoms with Crippen LogP contribution in [0.15, 0.2) is 0 Å². The summed E-state index contributed by atoms with van der Waals surface area (Å²) in [6.07, 6.45) is 1.68. The summed E-state index contributed by atoms with van der Waals surface area (Å²) in [5, 5.41) is 14.6. The van der Waals surface area contributed by atoms with E-state index in [0.717, 1.165) is 6.42 Å². The van der Waals surface area contributed by atoms with Gasteiger partial charge >= 0.3 is 5.97 Å². The molecule has 1 rings (SSSR count). The molecule has 0 bridgehead atoms. The Labute approximate surface area is 148 Å². The standard InChI is InChI=1S/C17H30N2O4S/c1-10(2)8-11(9-24-14(16(22)23)17(3,4)5)18-15(21)12-6-7-13(20)19-12/h10-12,14H,6-9H2,1-5H3,(H,18,21)(H,19,20)(H,22,23). The second-order valence-electron chi connectivity index (χ2n) is 7.91. The summed E-state index contributed by atoms with van der Waals surface area (Å²) in [6, 6.07) is -0.570. The van der Waals surface area contributed by atoms with Gasteiger partial charge in [0, 0.05) is 18.2 Å². The van der Waals surface area contributed by atoms with Crippen molar-refractivity contribution in [2.75, 3.05) is 5.75 Å². The molecule has 3 unspecified atom stereocenters. The highest BCUT2D eigenvalue weighted by atomic mass is 32.2. The van der Waals surface area contributed by atoms with Crippen molar-refractivity contribution in [3.63, 3.8) is 0 Å². The zero-order valence-corrected chi connectivity index (χ0v) is 16.0. The molecule has 0 aromatic rings. The lowest BCUT2D eigenvalue weighted by Gasteiger charge is -2.29. The average molecular weight is 359 g/mol. The van der Waals surface area contributed by atoms with Crippen LogP contribution in [0.4, 0.5) is 0 Å². The summed E-state index contributed by atoms with van der Waals surface area (Å²) in [5.41, 5.74) is -0.359. The normalized spacial score (nSPS) is 20.6. The molecule has 1 saturated heterocycles. The van der Waals surface area contributed by atoms with Crippen molar-refractivity contribution in [2.24, 2.45) is 11.3 Å². The maximum absolute atomic E-state index is 12.3. The molecule has 1 aliphatic heterocycles. The molecular formula is C17H30N2O4S. The van der Waals surface area contributed by atoms with Crippen molar-refractivity contribution in [2.45, 2.75) is 71.2 Å². The van der Waals surface area contributed by atoms with Gasteiger partial charge in [0.2, 0.25) is 11.8 Å². The summed E-state index contributed by atoms with van der Waals surface area (Å²) in [4.78, 5) is 35.1. The third kappa shape index (κ3) is 6.71. The molecule has 0 saturated carbocycles. The Kier molecular flexibility index (Phi) is 7.57. The van der Waals surface area contributed by atoms with E-state index in [1.807, 2.05) is 20.8 Å². The van der Waals surface area contributed by atoms with Crippen molar-refractivity contribution in [3.05, 3.63) is 0 Å². The highest BCUT2D eigenvalue weighted by Crippen LogP contribution is 2.31. The van der Waals surface area contributed by atoms with Crippen LogP contribution in [0, 0.1) is 11.3 Å². The first-order valence-electron chi connectivity index (χ1n) is 8.44. The minimum Gasteiger partial charge on any atom is -0.480 e. The van der Waals surface area contributed by atoms with Gasteiger partial charge in [-0.2, -0.15) is 0 Å². The van der Waals surface area contributed by atoms with E-state index >= 15 is 0 Å². The number of aliphatic carboxylic acids is 1. The first-order valence-corrected chi connectivity index (χ1v) is 9.49. The average Bonchev–Trinajstić information content (AvgIpc) is 2.82. The number of hydrogen-bond donors (Lipinski definition) is 3. The number of rotatable bonds is 8. The summed E-state index contributed by atoms with van der Waals surface area (Å²) in [5.74, 6) is -0.172. The molecule has 7 heteroatoms. The Morgan fingerprint density at radius 3 is 2.42 bits per heavy atom. The van der Waals surface area contributed by atoms with Crippen LogP contribution in [0.25, 0.3) is 0 Å². The largest absolute Gasteiger partial charge is 0.480 e. The number of carboxylic acids is 1.